The number of aliphatic hydroxyl groups is 12. The minimum atomic E-state index is -1.62. The molecule has 0 unspecified atom stereocenters. The summed E-state index contributed by atoms with van der Waals surface area (Å²) in [6.07, 6.45) is -9.19. The van der Waals surface area contributed by atoms with Crippen LogP contribution in [0.4, 0.5) is 0 Å². The van der Waals surface area contributed by atoms with Crippen LogP contribution < -0.4 is 9.97 Å². The molecule has 526 valence electrons. The van der Waals surface area contributed by atoms with Gasteiger partial charge in [-0.05, 0) is 105 Å². The van der Waals surface area contributed by atoms with Crippen LogP contribution in [0.25, 0.3) is 108 Å². The summed E-state index contributed by atoms with van der Waals surface area (Å²) in [5.74, 6) is 0. The van der Waals surface area contributed by atoms with Crippen LogP contribution in [0.1, 0.15) is 39.9 Å². The average molecular weight is 1460 g/mol. The van der Waals surface area contributed by atoms with Crippen molar-refractivity contribution < 1.29 is 109 Å². The Kier molecular flexibility index (Phi) is 20.8. The first kappa shape index (κ1) is 70.8. The van der Waals surface area contributed by atoms with Gasteiger partial charge in [-0.25, -0.2) is 24.0 Å². The van der Waals surface area contributed by atoms with Gasteiger partial charge in [-0.1, -0.05) is 107 Å². The molecule has 3 saturated heterocycles. The zero-order chi connectivity index (χ0) is 70.4. The van der Waals surface area contributed by atoms with E-state index in [0.29, 0.717) is 95.7 Å². The molecule has 15 atom stereocenters. The molecular formula is C71H67N13O18Zn. The minimum Gasteiger partial charge on any atom is -0.657 e. The Morgan fingerprint density at radius 3 is 0.883 bits per heavy atom. The summed E-state index contributed by atoms with van der Waals surface area (Å²) in [5.41, 5.74) is 13.5. The number of fused-ring (bicyclic) bond motifs is 8. The smallest absolute Gasteiger partial charge is 0.657 e. The van der Waals surface area contributed by atoms with Crippen LogP contribution in [0, 0.1) is 0 Å². The SMILES string of the molecule is OC[C@H]1O[C@H](OCc2cn(-c3ccc(-c4c5nc(c(-c6ccc(-n7cc(CO[C@H]8O[C@H](CO)[C@@H](O)[C@H](O)[C@@H]8O)nn7)cc6)c6ccc([n-]6)c(-c6ccc(-n7cc(CO[C@H]8O[C@H](CO)[C@@H](O)[C@H](O)[C@@H]8O)nn7)cc6)c6nc(c(-c7ccccc7)c7ccc4[n-]7)C=C6)C=C5)cc3)nn2)[C@@H](O)[C@@H](O)[C@@H]1O.[Zn+2]. The number of aromatic nitrogens is 13. The Balaban J connectivity index is 0.00000897. The van der Waals surface area contributed by atoms with Gasteiger partial charge in [-0.2, -0.15) is 0 Å². The number of benzene rings is 4. The van der Waals surface area contributed by atoms with E-state index < -0.39 is 112 Å². The molecule has 0 aliphatic carbocycles. The third-order valence-corrected chi connectivity index (χ3v) is 18.3. The molecule has 103 heavy (non-hydrogen) atoms. The van der Waals surface area contributed by atoms with Crippen molar-refractivity contribution >= 4 is 46.4 Å². The van der Waals surface area contributed by atoms with Gasteiger partial charge in [0, 0.05) is 0 Å². The normalized spacial score (nSPS) is 25.5. The number of hydrogen-bond acceptors (Lipinski definition) is 26. The van der Waals surface area contributed by atoms with E-state index in [1.54, 1.807) is 28.0 Å². The first-order chi connectivity index (χ1) is 49.6. The number of ether oxygens (including phenoxy) is 6. The molecule has 15 rings (SSSR count). The quantitative estimate of drug-likeness (QED) is 0.0507. The molecular weight excluding hydrogens is 1390 g/mol. The van der Waals surface area contributed by atoms with E-state index in [9.17, 15) is 61.3 Å². The predicted octanol–water partition coefficient (Wildman–Crippen LogP) is 1.27. The molecule has 32 heteroatoms. The summed E-state index contributed by atoms with van der Waals surface area (Å²) < 4.78 is 38.4. The van der Waals surface area contributed by atoms with Crippen molar-refractivity contribution in [3.8, 4) is 61.6 Å². The molecule has 4 aromatic carbocycles. The maximum absolute atomic E-state index is 10.6. The molecule has 0 spiro atoms. The first-order valence-electron chi connectivity index (χ1n) is 32.5. The van der Waals surface area contributed by atoms with Crippen molar-refractivity contribution in [1.29, 1.82) is 0 Å². The van der Waals surface area contributed by atoms with Gasteiger partial charge in [-0.3, -0.25) is 0 Å². The monoisotopic (exact) mass is 1450 g/mol. The van der Waals surface area contributed by atoms with E-state index in [4.69, 9.17) is 48.4 Å². The van der Waals surface area contributed by atoms with Crippen LogP contribution in [-0.4, -0.2) is 228 Å². The second kappa shape index (κ2) is 30.2. The van der Waals surface area contributed by atoms with Gasteiger partial charge in [0.2, 0.25) is 0 Å². The van der Waals surface area contributed by atoms with E-state index in [2.05, 4.69) is 30.9 Å². The van der Waals surface area contributed by atoms with Crippen molar-refractivity contribution in [2.75, 3.05) is 19.8 Å². The largest absolute Gasteiger partial charge is 2.00 e. The van der Waals surface area contributed by atoms with E-state index in [1.165, 1.54) is 4.68 Å². The number of nitrogens with zero attached hydrogens (tertiary/aromatic N) is 13. The molecule has 10 aromatic rings. The summed E-state index contributed by atoms with van der Waals surface area (Å²) in [6, 6.07) is 40.3. The van der Waals surface area contributed by atoms with Gasteiger partial charge in [0.05, 0.1) is 98.1 Å². The van der Waals surface area contributed by atoms with Crippen molar-refractivity contribution in [1.82, 2.24) is 64.9 Å². The van der Waals surface area contributed by atoms with Crippen molar-refractivity contribution in [3.63, 3.8) is 0 Å². The second-order valence-electron chi connectivity index (χ2n) is 24.9. The Hall–Kier alpha value is -9.20. The maximum atomic E-state index is 10.6. The third kappa shape index (κ3) is 14.1. The Labute approximate surface area is 596 Å². The summed E-state index contributed by atoms with van der Waals surface area (Å²) in [7, 11) is 0. The number of hydrogen-bond donors (Lipinski definition) is 12. The third-order valence-electron chi connectivity index (χ3n) is 18.3. The van der Waals surface area contributed by atoms with E-state index >= 15 is 0 Å². The van der Waals surface area contributed by atoms with Gasteiger partial charge in [0.1, 0.15) is 90.3 Å². The molecule has 0 radical (unpaired) electrons. The molecule has 11 heterocycles. The maximum Gasteiger partial charge on any atom is 2.00 e. The van der Waals surface area contributed by atoms with E-state index in [-0.39, 0.29) is 39.3 Å². The summed E-state index contributed by atoms with van der Waals surface area (Å²) in [4.78, 5) is 21.7. The van der Waals surface area contributed by atoms with Gasteiger partial charge < -0.3 is 99.7 Å². The molecule has 12 N–H and O–H groups in total. The topological polar surface area (TPSA) is 444 Å². The van der Waals surface area contributed by atoms with Crippen LogP contribution in [0.3, 0.4) is 0 Å². The van der Waals surface area contributed by atoms with Crippen LogP contribution in [-0.2, 0) is 67.7 Å². The van der Waals surface area contributed by atoms with Crippen LogP contribution in [0.2, 0.25) is 0 Å². The van der Waals surface area contributed by atoms with Gasteiger partial charge in [0.15, 0.2) is 18.9 Å². The molecule has 0 saturated carbocycles. The van der Waals surface area contributed by atoms with Crippen molar-refractivity contribution in [3.05, 3.63) is 186 Å². The molecule has 5 aliphatic heterocycles. The average Bonchev–Trinajstić information content (AvgIpc) is 1.62. The predicted molar refractivity (Wildman–Crippen MR) is 359 cm³/mol. The fraction of sp³-hybridized carbons (Fsp3) is 0.296. The van der Waals surface area contributed by atoms with Gasteiger partial charge in [0.25, 0.3) is 0 Å². The van der Waals surface area contributed by atoms with Crippen LogP contribution in [0.5, 0.6) is 0 Å². The molecule has 8 bridgehead atoms. The summed E-state index contributed by atoms with van der Waals surface area (Å²) in [6.45, 7) is -2.42. The Morgan fingerprint density at radius 1 is 0.340 bits per heavy atom. The minimum absolute atomic E-state index is 0. The van der Waals surface area contributed by atoms with E-state index in [1.807, 2.05) is 152 Å². The zero-order valence-electron chi connectivity index (χ0n) is 54.4. The van der Waals surface area contributed by atoms with Crippen LogP contribution in [0.15, 0.2) is 146 Å². The Morgan fingerprint density at radius 2 is 0.612 bits per heavy atom. The van der Waals surface area contributed by atoms with E-state index in [0.717, 1.165) is 27.8 Å². The van der Waals surface area contributed by atoms with Crippen LogP contribution >= 0.6 is 0 Å². The summed E-state index contributed by atoms with van der Waals surface area (Å²) in [5, 5.41) is 148. The fourth-order valence-electron chi connectivity index (χ4n) is 12.8. The number of rotatable bonds is 19. The molecule has 0 amide bonds. The first-order valence-corrected chi connectivity index (χ1v) is 32.5. The molecule has 31 nitrogen and oxygen atoms in total. The van der Waals surface area contributed by atoms with Gasteiger partial charge >= 0.3 is 19.5 Å². The van der Waals surface area contributed by atoms with Crippen molar-refractivity contribution in [2.24, 2.45) is 0 Å². The zero-order valence-corrected chi connectivity index (χ0v) is 57.4. The molecule has 5 aliphatic rings. The second-order valence-corrected chi connectivity index (χ2v) is 24.9. The number of aliphatic hydroxyl groups excluding tert-OH is 12. The van der Waals surface area contributed by atoms with Gasteiger partial charge in [-0.15, -0.1) is 37.4 Å². The Bertz CT molecular complexity index is 4760. The summed E-state index contributed by atoms with van der Waals surface area (Å²) >= 11 is 0. The standard InChI is InChI=1S/C71H67N13O18.Zn/c85-29-53-60(88)63(91)66(94)69(100-53)97-32-39-26-82(79-76-39)42-12-6-36(7-13-42)57-47-20-18-45(72-47)56(35-4-2-1-3-5-35)46-19-21-48(73-46)58(37-8-14-43(15-9-37)83-27-40(77-80-83)33-98-70-67(95)64(92)61(89)54(30-86)101-70)50-23-25-52(75-50)59(51-24-22-49(57)74-51)38-10-16-44(17-11-38)84-28-41(78-81-84)34-99-71-68(96)65(93)62(90)55(31-87)102-71;/h1-28,53-55,60-71,85-96H,29-34H2;/q-2;+2/t53-,54-,55-,60-,61-,62-,63+,64+,65+,66+,67+,68+,69+,70+,71+;/m1./s1. The molecule has 6 aromatic heterocycles. The molecule has 3 fully saturated rings. The van der Waals surface area contributed by atoms with Crippen molar-refractivity contribution in [2.45, 2.75) is 112 Å². The fourth-order valence-corrected chi connectivity index (χ4v) is 12.8.